The molecule has 0 saturated carbocycles. The van der Waals surface area contributed by atoms with Gasteiger partial charge in [0.2, 0.25) is 0 Å². The quantitative estimate of drug-likeness (QED) is 0.892. The zero-order valence-electron chi connectivity index (χ0n) is 11.5. The van der Waals surface area contributed by atoms with Crippen LogP contribution in [0.4, 0.5) is 5.82 Å². The van der Waals surface area contributed by atoms with Crippen LogP contribution in [-0.4, -0.2) is 33.1 Å². The lowest BCUT2D eigenvalue weighted by atomic mass is 9.91. The van der Waals surface area contributed by atoms with E-state index < -0.39 is 5.54 Å². The first-order valence-electron chi connectivity index (χ1n) is 6.58. The Morgan fingerprint density at radius 2 is 2.24 bits per heavy atom. The van der Waals surface area contributed by atoms with Crippen LogP contribution in [0.3, 0.4) is 0 Å². The van der Waals surface area contributed by atoms with Crippen molar-refractivity contribution in [2.75, 3.05) is 5.32 Å². The minimum Gasteiger partial charge on any atom is -0.317 e. The Labute approximate surface area is 121 Å². The Morgan fingerprint density at radius 1 is 1.38 bits per heavy atom. The Bertz CT molecular complexity index is 678. The maximum absolute atomic E-state index is 12.6. The van der Waals surface area contributed by atoms with Crippen LogP contribution in [-0.2, 0) is 9.59 Å². The van der Waals surface area contributed by atoms with Gasteiger partial charge in [-0.2, -0.15) is 4.99 Å². The topological polar surface area (TPSA) is 74.7 Å². The number of hydrogen-bond acceptors (Lipinski definition) is 4. The second kappa shape index (κ2) is 4.97. The molecular weight excluding hydrogens is 268 g/mol. The van der Waals surface area contributed by atoms with Gasteiger partial charge in [-0.1, -0.05) is 12.1 Å². The summed E-state index contributed by atoms with van der Waals surface area (Å²) >= 11 is 0. The summed E-state index contributed by atoms with van der Waals surface area (Å²) in [4.78, 5) is 34.2. The van der Waals surface area contributed by atoms with Crippen LogP contribution in [0.2, 0.25) is 0 Å². The van der Waals surface area contributed by atoms with Crippen LogP contribution >= 0.6 is 0 Å². The third-order valence-electron chi connectivity index (χ3n) is 3.50. The maximum atomic E-state index is 12.6. The summed E-state index contributed by atoms with van der Waals surface area (Å²) in [5, 5.41) is 2.75. The van der Waals surface area contributed by atoms with E-state index in [0.717, 1.165) is 0 Å². The first-order valence-corrected chi connectivity index (χ1v) is 6.58. The normalized spacial score (nSPS) is 23.6. The lowest BCUT2D eigenvalue weighted by molar-refractivity contribution is -0.130. The molecule has 0 radical (unpaired) electrons. The molecule has 6 heteroatoms. The van der Waals surface area contributed by atoms with E-state index in [1.807, 2.05) is 0 Å². The van der Waals surface area contributed by atoms with Crippen molar-refractivity contribution in [2.45, 2.75) is 18.9 Å². The van der Waals surface area contributed by atoms with E-state index in [4.69, 9.17) is 0 Å². The number of pyridine rings is 1. The minimum atomic E-state index is -1.02. The highest BCUT2D eigenvalue weighted by Gasteiger charge is 2.45. The molecule has 21 heavy (non-hydrogen) atoms. The maximum Gasteiger partial charge on any atom is 0.252 e. The van der Waals surface area contributed by atoms with Crippen molar-refractivity contribution < 1.29 is 9.59 Å². The molecule has 3 heterocycles. The third-order valence-corrected chi connectivity index (χ3v) is 3.50. The largest absolute Gasteiger partial charge is 0.317 e. The van der Waals surface area contributed by atoms with E-state index >= 15 is 0 Å². The first kappa shape index (κ1) is 13.2. The second-order valence-corrected chi connectivity index (χ2v) is 5.05. The second-order valence-electron chi connectivity index (χ2n) is 5.05. The highest BCUT2D eigenvalue weighted by atomic mass is 16.2. The van der Waals surface area contributed by atoms with Gasteiger partial charge < -0.3 is 10.2 Å². The van der Waals surface area contributed by atoms with E-state index in [0.29, 0.717) is 11.7 Å². The van der Waals surface area contributed by atoms with Crippen molar-refractivity contribution in [1.29, 1.82) is 0 Å². The number of carbonyl (C=O) groups is 2. The number of aromatic nitrogens is 1. The summed E-state index contributed by atoms with van der Waals surface area (Å²) in [6, 6.07) is 5.25. The molecule has 1 atom stereocenters. The Kier molecular flexibility index (Phi) is 3.13. The Balaban J connectivity index is 1.90. The van der Waals surface area contributed by atoms with Crippen LogP contribution in [0, 0.1) is 0 Å². The fourth-order valence-electron chi connectivity index (χ4n) is 2.37. The number of nitrogens with one attached hydrogen (secondary N) is 1. The van der Waals surface area contributed by atoms with Gasteiger partial charge in [0.15, 0.2) is 0 Å². The highest BCUT2D eigenvalue weighted by molar-refractivity contribution is 6.11. The Morgan fingerprint density at radius 3 is 3.00 bits per heavy atom. The first-order chi connectivity index (χ1) is 10.1. The van der Waals surface area contributed by atoms with Crippen molar-refractivity contribution in [3.63, 3.8) is 0 Å². The van der Waals surface area contributed by atoms with E-state index in [1.54, 1.807) is 60.6 Å². The molecule has 1 unspecified atom stereocenters. The monoisotopic (exact) mass is 282 g/mol. The van der Waals surface area contributed by atoms with Crippen LogP contribution in [0.1, 0.15) is 13.3 Å². The SMILES string of the molecule is CC1(C(=O)Nc2ccccn2)CC(=O)N=C2C=CC=CN21. The van der Waals surface area contributed by atoms with Crippen LogP contribution in [0.25, 0.3) is 0 Å². The molecule has 1 N–H and O–H groups in total. The number of amidine groups is 1. The zero-order valence-corrected chi connectivity index (χ0v) is 11.5. The molecule has 1 aromatic heterocycles. The van der Waals surface area contributed by atoms with Crippen LogP contribution in [0.5, 0.6) is 0 Å². The Hall–Kier alpha value is -2.76. The predicted octanol–water partition coefficient (Wildman–Crippen LogP) is 1.49. The smallest absolute Gasteiger partial charge is 0.252 e. The highest BCUT2D eigenvalue weighted by Crippen LogP contribution is 2.29. The molecule has 0 fully saturated rings. The van der Waals surface area contributed by atoms with Gasteiger partial charge in [-0.15, -0.1) is 0 Å². The van der Waals surface area contributed by atoms with Gasteiger partial charge in [-0.3, -0.25) is 9.59 Å². The van der Waals surface area contributed by atoms with Gasteiger partial charge in [0.1, 0.15) is 17.2 Å². The van der Waals surface area contributed by atoms with Crippen LogP contribution in [0.15, 0.2) is 53.8 Å². The molecule has 0 spiro atoms. The summed E-state index contributed by atoms with van der Waals surface area (Å²) < 4.78 is 0. The number of rotatable bonds is 2. The standard InChI is InChI=1S/C15H14N4O2/c1-15(14(21)17-11-6-2-4-8-16-11)10-13(20)18-12-7-3-5-9-19(12)15/h2-9H,10H2,1H3,(H,16,17,21). The molecule has 0 aliphatic carbocycles. The summed E-state index contributed by atoms with van der Waals surface area (Å²) in [6.45, 7) is 1.72. The number of fused-ring (bicyclic) bond motifs is 1. The molecular formula is C15H14N4O2. The molecule has 106 valence electrons. The summed E-state index contributed by atoms with van der Waals surface area (Å²) in [6.07, 6.45) is 8.67. The van der Waals surface area contributed by atoms with E-state index in [2.05, 4.69) is 15.3 Å². The van der Waals surface area contributed by atoms with Gasteiger partial charge in [0.05, 0.1) is 6.42 Å². The van der Waals surface area contributed by atoms with Crippen molar-refractivity contribution in [2.24, 2.45) is 4.99 Å². The van der Waals surface area contributed by atoms with E-state index in [-0.39, 0.29) is 18.2 Å². The number of amides is 2. The summed E-state index contributed by atoms with van der Waals surface area (Å²) in [5.41, 5.74) is -1.02. The fraction of sp³-hybridized carbons (Fsp3) is 0.200. The van der Waals surface area contributed by atoms with E-state index in [9.17, 15) is 9.59 Å². The zero-order chi connectivity index (χ0) is 14.9. The number of hydrogen-bond donors (Lipinski definition) is 1. The fourth-order valence-corrected chi connectivity index (χ4v) is 2.37. The molecule has 2 amide bonds. The molecule has 1 aromatic rings. The number of aliphatic imine (C=N–C) groups is 1. The van der Waals surface area contributed by atoms with Gasteiger partial charge in [0.25, 0.3) is 11.8 Å². The number of allylic oxidation sites excluding steroid dienone is 2. The summed E-state index contributed by atoms with van der Waals surface area (Å²) in [7, 11) is 0. The average molecular weight is 282 g/mol. The molecule has 2 aliphatic heterocycles. The van der Waals surface area contributed by atoms with Gasteiger partial charge in [0, 0.05) is 12.4 Å². The van der Waals surface area contributed by atoms with Crippen molar-refractivity contribution in [3.05, 3.63) is 48.8 Å². The van der Waals surface area contributed by atoms with E-state index in [1.165, 1.54) is 0 Å². The molecule has 0 bridgehead atoms. The third kappa shape index (κ3) is 2.35. The molecule has 2 aliphatic rings. The van der Waals surface area contributed by atoms with Crippen LogP contribution < -0.4 is 5.32 Å². The van der Waals surface area contributed by atoms with Crippen molar-refractivity contribution >= 4 is 23.5 Å². The predicted molar refractivity (Wildman–Crippen MR) is 78.4 cm³/mol. The van der Waals surface area contributed by atoms with Gasteiger partial charge in [-0.25, -0.2) is 4.98 Å². The lowest BCUT2D eigenvalue weighted by Gasteiger charge is -2.41. The number of carbonyl (C=O) groups excluding carboxylic acids is 2. The summed E-state index contributed by atoms with van der Waals surface area (Å²) in [5.74, 6) is 0.339. The average Bonchev–Trinajstić information content (AvgIpc) is 2.48. The number of nitrogens with zero attached hydrogens (tertiary/aromatic N) is 3. The molecule has 3 rings (SSSR count). The van der Waals surface area contributed by atoms with Crippen molar-refractivity contribution in [3.8, 4) is 0 Å². The van der Waals surface area contributed by atoms with Gasteiger partial charge >= 0.3 is 0 Å². The lowest BCUT2D eigenvalue weighted by Crippen LogP contribution is -2.58. The minimum absolute atomic E-state index is 0.0212. The van der Waals surface area contributed by atoms with Crippen molar-refractivity contribution in [1.82, 2.24) is 9.88 Å². The number of anilines is 1. The molecule has 6 nitrogen and oxygen atoms in total. The van der Waals surface area contributed by atoms with Gasteiger partial charge in [-0.05, 0) is 31.2 Å². The molecule has 0 aromatic carbocycles. The molecule has 0 saturated heterocycles.